The molecule has 2 aliphatic rings. The molecule has 2 unspecified atom stereocenters. The molecule has 0 aromatic carbocycles. The molecule has 2 atom stereocenters. The standard InChI is InChI=1S/C12H18N4O3/c17-11(14-6-8-3-5-18-7-8)10-15-12(19-16-10)9-2-1-4-13-9/h8-9,13H,1-7H2,(H,14,17). The van der Waals surface area contributed by atoms with E-state index in [1.54, 1.807) is 0 Å². The van der Waals surface area contributed by atoms with Gasteiger partial charge in [-0.15, -0.1) is 0 Å². The Morgan fingerprint density at radius 1 is 1.47 bits per heavy atom. The largest absolute Gasteiger partial charge is 0.381 e. The monoisotopic (exact) mass is 266 g/mol. The summed E-state index contributed by atoms with van der Waals surface area (Å²) in [5, 5.41) is 9.81. The molecule has 2 saturated heterocycles. The van der Waals surface area contributed by atoms with E-state index >= 15 is 0 Å². The maximum absolute atomic E-state index is 11.9. The first kappa shape index (κ1) is 12.6. The van der Waals surface area contributed by atoms with Crippen molar-refractivity contribution in [2.75, 3.05) is 26.3 Å². The van der Waals surface area contributed by atoms with Crippen molar-refractivity contribution in [1.29, 1.82) is 0 Å². The summed E-state index contributed by atoms with van der Waals surface area (Å²) < 4.78 is 10.4. The fraction of sp³-hybridized carbons (Fsp3) is 0.750. The van der Waals surface area contributed by atoms with Gasteiger partial charge in [0, 0.05) is 19.1 Å². The maximum Gasteiger partial charge on any atom is 0.292 e. The van der Waals surface area contributed by atoms with Crippen LogP contribution in [0.5, 0.6) is 0 Å². The molecular formula is C12H18N4O3. The van der Waals surface area contributed by atoms with Crippen molar-refractivity contribution in [2.45, 2.75) is 25.3 Å². The molecule has 3 heterocycles. The highest BCUT2D eigenvalue weighted by Crippen LogP contribution is 2.21. The highest BCUT2D eigenvalue weighted by Gasteiger charge is 2.24. The van der Waals surface area contributed by atoms with E-state index in [2.05, 4.69) is 20.8 Å². The first-order valence-corrected chi connectivity index (χ1v) is 6.76. The van der Waals surface area contributed by atoms with E-state index in [1.165, 1.54) is 0 Å². The Labute approximate surface area is 111 Å². The van der Waals surface area contributed by atoms with Gasteiger partial charge in [0.25, 0.3) is 11.7 Å². The molecule has 104 valence electrons. The molecule has 2 aliphatic heterocycles. The zero-order valence-electron chi connectivity index (χ0n) is 10.7. The summed E-state index contributed by atoms with van der Waals surface area (Å²) >= 11 is 0. The number of carbonyl (C=O) groups is 1. The summed E-state index contributed by atoms with van der Waals surface area (Å²) in [6, 6.07) is 0.0947. The van der Waals surface area contributed by atoms with Crippen molar-refractivity contribution in [2.24, 2.45) is 5.92 Å². The Kier molecular flexibility index (Phi) is 3.74. The van der Waals surface area contributed by atoms with Crippen LogP contribution in [-0.4, -0.2) is 42.4 Å². The average Bonchev–Trinajstić information content (AvgIpc) is 3.14. The smallest absolute Gasteiger partial charge is 0.292 e. The lowest BCUT2D eigenvalue weighted by atomic mass is 10.1. The van der Waals surface area contributed by atoms with E-state index in [9.17, 15) is 4.79 Å². The number of hydrogen-bond donors (Lipinski definition) is 2. The van der Waals surface area contributed by atoms with Crippen LogP contribution in [0.15, 0.2) is 4.52 Å². The van der Waals surface area contributed by atoms with Crippen LogP contribution in [0.3, 0.4) is 0 Å². The Morgan fingerprint density at radius 2 is 2.42 bits per heavy atom. The number of amides is 1. The topological polar surface area (TPSA) is 89.3 Å². The van der Waals surface area contributed by atoms with Gasteiger partial charge in [-0.1, -0.05) is 5.16 Å². The predicted octanol–water partition coefficient (Wildman–Crippen LogP) is 0.260. The third kappa shape index (κ3) is 2.93. The molecule has 2 N–H and O–H groups in total. The van der Waals surface area contributed by atoms with Crippen molar-refractivity contribution in [3.05, 3.63) is 11.7 Å². The zero-order chi connectivity index (χ0) is 13.1. The van der Waals surface area contributed by atoms with Gasteiger partial charge in [0.2, 0.25) is 5.89 Å². The Hall–Kier alpha value is -1.47. The summed E-state index contributed by atoms with van der Waals surface area (Å²) in [6.45, 7) is 3.05. The number of rotatable bonds is 4. The third-order valence-corrected chi connectivity index (χ3v) is 3.58. The minimum absolute atomic E-state index is 0.0947. The van der Waals surface area contributed by atoms with Gasteiger partial charge >= 0.3 is 0 Å². The van der Waals surface area contributed by atoms with Crippen molar-refractivity contribution >= 4 is 5.91 Å². The van der Waals surface area contributed by atoms with Crippen LogP contribution >= 0.6 is 0 Å². The number of hydrogen-bond acceptors (Lipinski definition) is 6. The molecule has 0 aliphatic carbocycles. The van der Waals surface area contributed by atoms with E-state index in [0.717, 1.165) is 32.4 Å². The lowest BCUT2D eigenvalue weighted by Crippen LogP contribution is -2.30. The van der Waals surface area contributed by atoms with Crippen LogP contribution in [-0.2, 0) is 4.74 Å². The second kappa shape index (κ2) is 5.66. The van der Waals surface area contributed by atoms with Crippen molar-refractivity contribution in [3.63, 3.8) is 0 Å². The van der Waals surface area contributed by atoms with Crippen LogP contribution in [0.1, 0.15) is 41.8 Å². The highest BCUT2D eigenvalue weighted by molar-refractivity contribution is 5.90. The first-order chi connectivity index (χ1) is 9.33. The molecule has 1 amide bonds. The summed E-state index contributed by atoms with van der Waals surface area (Å²) in [6.07, 6.45) is 3.06. The number of ether oxygens (including phenoxy) is 1. The Balaban J connectivity index is 1.54. The molecule has 0 saturated carbocycles. The van der Waals surface area contributed by atoms with Crippen LogP contribution in [0, 0.1) is 5.92 Å². The minimum atomic E-state index is -0.278. The van der Waals surface area contributed by atoms with Crippen LogP contribution in [0.25, 0.3) is 0 Å². The quantitative estimate of drug-likeness (QED) is 0.812. The number of carbonyl (C=O) groups excluding carboxylic acids is 1. The van der Waals surface area contributed by atoms with Crippen molar-refractivity contribution in [1.82, 2.24) is 20.8 Å². The molecule has 0 radical (unpaired) electrons. The van der Waals surface area contributed by atoms with Gasteiger partial charge in [0.1, 0.15) is 0 Å². The summed E-state index contributed by atoms with van der Waals surface area (Å²) in [5.74, 6) is 0.737. The van der Waals surface area contributed by atoms with E-state index in [-0.39, 0.29) is 17.8 Å². The highest BCUT2D eigenvalue weighted by atomic mass is 16.5. The van der Waals surface area contributed by atoms with E-state index in [4.69, 9.17) is 9.26 Å². The van der Waals surface area contributed by atoms with E-state index in [1.807, 2.05) is 0 Å². The zero-order valence-corrected chi connectivity index (χ0v) is 10.7. The molecule has 7 heteroatoms. The van der Waals surface area contributed by atoms with Gasteiger partial charge in [-0.3, -0.25) is 4.79 Å². The van der Waals surface area contributed by atoms with Gasteiger partial charge < -0.3 is 19.9 Å². The Morgan fingerprint density at radius 3 is 3.16 bits per heavy atom. The number of nitrogens with zero attached hydrogens (tertiary/aromatic N) is 2. The molecule has 19 heavy (non-hydrogen) atoms. The molecule has 0 bridgehead atoms. The molecule has 0 spiro atoms. The van der Waals surface area contributed by atoms with Crippen LogP contribution in [0.2, 0.25) is 0 Å². The molecule has 1 aromatic rings. The molecular weight excluding hydrogens is 248 g/mol. The minimum Gasteiger partial charge on any atom is -0.381 e. The summed E-state index contributed by atoms with van der Waals surface area (Å²) in [5.41, 5.74) is 0. The average molecular weight is 266 g/mol. The lowest BCUT2D eigenvalue weighted by Gasteiger charge is -2.07. The SMILES string of the molecule is O=C(NCC1CCOC1)c1noc(C2CCCN2)n1. The van der Waals surface area contributed by atoms with E-state index < -0.39 is 0 Å². The van der Waals surface area contributed by atoms with Gasteiger partial charge in [-0.2, -0.15) is 4.98 Å². The molecule has 2 fully saturated rings. The lowest BCUT2D eigenvalue weighted by molar-refractivity contribution is 0.0931. The molecule has 3 rings (SSSR count). The van der Waals surface area contributed by atoms with Crippen molar-refractivity contribution in [3.8, 4) is 0 Å². The summed E-state index contributed by atoms with van der Waals surface area (Å²) in [4.78, 5) is 16.0. The fourth-order valence-corrected chi connectivity index (χ4v) is 2.42. The van der Waals surface area contributed by atoms with Crippen LogP contribution < -0.4 is 10.6 Å². The number of aromatic nitrogens is 2. The van der Waals surface area contributed by atoms with E-state index in [0.29, 0.717) is 25.0 Å². The van der Waals surface area contributed by atoms with Gasteiger partial charge in [-0.25, -0.2) is 0 Å². The second-order valence-electron chi connectivity index (χ2n) is 5.04. The maximum atomic E-state index is 11.9. The second-order valence-corrected chi connectivity index (χ2v) is 5.04. The van der Waals surface area contributed by atoms with Gasteiger partial charge in [-0.05, 0) is 25.8 Å². The van der Waals surface area contributed by atoms with Gasteiger partial charge in [0.15, 0.2) is 0 Å². The van der Waals surface area contributed by atoms with Crippen molar-refractivity contribution < 1.29 is 14.1 Å². The summed E-state index contributed by atoms with van der Waals surface area (Å²) in [7, 11) is 0. The molecule has 7 nitrogen and oxygen atoms in total. The Bertz CT molecular complexity index is 436. The van der Waals surface area contributed by atoms with Crippen LogP contribution in [0.4, 0.5) is 0 Å². The number of nitrogens with one attached hydrogen (secondary N) is 2. The predicted molar refractivity (Wildman–Crippen MR) is 65.5 cm³/mol. The fourth-order valence-electron chi connectivity index (χ4n) is 2.42. The molecule has 1 aromatic heterocycles. The van der Waals surface area contributed by atoms with Gasteiger partial charge in [0.05, 0.1) is 12.6 Å². The third-order valence-electron chi connectivity index (χ3n) is 3.58. The first-order valence-electron chi connectivity index (χ1n) is 6.76. The normalized spacial score (nSPS) is 26.7.